The summed E-state index contributed by atoms with van der Waals surface area (Å²) >= 11 is 0. The number of nitrogens with two attached hydrogens (primary N) is 1. The Morgan fingerprint density at radius 3 is 2.00 bits per heavy atom. The van der Waals surface area contributed by atoms with Gasteiger partial charge in [-0.05, 0) is 33.0 Å². The lowest BCUT2D eigenvalue weighted by Crippen LogP contribution is -2.48. The van der Waals surface area contributed by atoms with E-state index in [1.54, 1.807) is 21.3 Å². The summed E-state index contributed by atoms with van der Waals surface area (Å²) < 4.78 is 16.4. The van der Waals surface area contributed by atoms with E-state index in [1.807, 2.05) is 7.05 Å². The zero-order valence-electron chi connectivity index (χ0n) is 10.2. The maximum atomic E-state index is 5.60. The van der Waals surface area contributed by atoms with Crippen LogP contribution in [0.1, 0.15) is 12.8 Å². The molecular weight excluding hydrogens is 212 g/mol. The predicted octanol–water partition coefficient (Wildman–Crippen LogP) is 0.193. The minimum atomic E-state index is -2.53. The quantitative estimate of drug-likeness (QED) is 0.560. The molecule has 92 valence electrons. The lowest BCUT2D eigenvalue weighted by atomic mass is 10.2. The molecule has 6 heteroatoms. The number of nitrogens with one attached hydrogen (secondary N) is 1. The molecule has 0 amide bonds. The molecule has 0 heterocycles. The Morgan fingerprint density at radius 2 is 1.67 bits per heavy atom. The van der Waals surface area contributed by atoms with Crippen LogP contribution in [0.5, 0.6) is 0 Å². The molecule has 15 heavy (non-hydrogen) atoms. The third kappa shape index (κ3) is 4.18. The molecule has 0 aromatic carbocycles. The molecule has 0 aliphatic heterocycles. The average Bonchev–Trinajstić information content (AvgIpc) is 2.28. The molecule has 0 bridgehead atoms. The highest BCUT2D eigenvalue weighted by molar-refractivity contribution is 6.62. The van der Waals surface area contributed by atoms with E-state index in [1.165, 1.54) is 0 Å². The molecule has 0 saturated heterocycles. The van der Waals surface area contributed by atoms with E-state index in [0.717, 1.165) is 19.4 Å². The molecule has 1 atom stereocenters. The molecule has 0 aliphatic rings. The van der Waals surface area contributed by atoms with Gasteiger partial charge in [0, 0.05) is 26.9 Å². The van der Waals surface area contributed by atoms with Gasteiger partial charge in [0.2, 0.25) is 0 Å². The molecular formula is C9H24N2O3Si. The first-order valence-corrected chi connectivity index (χ1v) is 7.01. The van der Waals surface area contributed by atoms with Crippen molar-refractivity contribution >= 4 is 8.80 Å². The third-order valence-electron chi connectivity index (χ3n) is 2.61. The zero-order chi connectivity index (χ0) is 11.7. The first-order valence-electron chi connectivity index (χ1n) is 5.20. The molecule has 5 nitrogen and oxygen atoms in total. The molecule has 0 aliphatic carbocycles. The third-order valence-corrected chi connectivity index (χ3v) is 5.90. The summed E-state index contributed by atoms with van der Waals surface area (Å²) in [5, 5.41) is 3.12. The molecule has 0 spiro atoms. The minimum absolute atomic E-state index is 0.259. The van der Waals surface area contributed by atoms with Crippen LogP contribution in [0.15, 0.2) is 0 Å². The lowest BCUT2D eigenvalue weighted by molar-refractivity contribution is 0.108. The summed E-state index contributed by atoms with van der Waals surface area (Å²) in [5.74, 6) is 0. The summed E-state index contributed by atoms with van der Waals surface area (Å²) in [6, 6.07) is 0. The maximum Gasteiger partial charge on any atom is 0.503 e. The predicted molar refractivity (Wildman–Crippen MR) is 62.7 cm³/mol. The van der Waals surface area contributed by atoms with E-state index >= 15 is 0 Å². The molecule has 0 radical (unpaired) electrons. The summed E-state index contributed by atoms with van der Waals surface area (Å²) in [6.45, 7) is 1.54. The van der Waals surface area contributed by atoms with Crippen LogP contribution in [-0.2, 0) is 13.3 Å². The number of hydrogen-bond donors (Lipinski definition) is 2. The van der Waals surface area contributed by atoms with E-state index in [9.17, 15) is 0 Å². The number of rotatable bonds is 9. The van der Waals surface area contributed by atoms with Crippen LogP contribution in [-0.4, -0.2) is 50.3 Å². The number of hydrogen-bond acceptors (Lipinski definition) is 5. The van der Waals surface area contributed by atoms with Gasteiger partial charge in [0.15, 0.2) is 0 Å². The Balaban J connectivity index is 4.50. The van der Waals surface area contributed by atoms with Gasteiger partial charge in [-0.1, -0.05) is 0 Å². The van der Waals surface area contributed by atoms with Crippen LogP contribution in [0, 0.1) is 0 Å². The monoisotopic (exact) mass is 236 g/mol. The fourth-order valence-corrected chi connectivity index (χ4v) is 4.29. The summed E-state index contributed by atoms with van der Waals surface area (Å²) in [5.41, 5.74) is 5.86. The second-order valence-electron chi connectivity index (χ2n) is 3.38. The normalized spacial score (nSPS) is 14.2. The largest absolute Gasteiger partial charge is 0.503 e. The van der Waals surface area contributed by atoms with Gasteiger partial charge in [0.25, 0.3) is 0 Å². The Labute approximate surface area is 93.6 Å². The molecule has 1 unspecified atom stereocenters. The Morgan fingerprint density at radius 1 is 1.13 bits per heavy atom. The minimum Gasteiger partial charge on any atom is -0.377 e. The van der Waals surface area contributed by atoms with Gasteiger partial charge in [-0.15, -0.1) is 0 Å². The fraction of sp³-hybridized carbons (Fsp3) is 1.00. The smallest absolute Gasteiger partial charge is 0.377 e. The lowest BCUT2D eigenvalue weighted by Gasteiger charge is -2.32. The van der Waals surface area contributed by atoms with E-state index in [4.69, 9.17) is 19.0 Å². The summed E-state index contributed by atoms with van der Waals surface area (Å²) in [6.07, 6.45) is 1.82. The van der Waals surface area contributed by atoms with E-state index in [2.05, 4.69) is 5.32 Å². The molecule has 0 rings (SSSR count). The van der Waals surface area contributed by atoms with Crippen LogP contribution in [0.3, 0.4) is 0 Å². The highest BCUT2D eigenvalue weighted by atomic mass is 28.4. The van der Waals surface area contributed by atoms with E-state index in [0.29, 0.717) is 6.54 Å². The van der Waals surface area contributed by atoms with Gasteiger partial charge in [-0.3, -0.25) is 0 Å². The van der Waals surface area contributed by atoms with Gasteiger partial charge >= 0.3 is 8.80 Å². The molecule has 0 aromatic rings. The van der Waals surface area contributed by atoms with Crippen LogP contribution in [0.25, 0.3) is 0 Å². The van der Waals surface area contributed by atoms with Crippen molar-refractivity contribution in [3.63, 3.8) is 0 Å². The molecule has 3 N–H and O–H groups in total. The molecule has 0 fully saturated rings. The molecule has 0 aromatic heterocycles. The second kappa shape index (κ2) is 8.20. The van der Waals surface area contributed by atoms with Crippen LogP contribution in [0.4, 0.5) is 0 Å². The van der Waals surface area contributed by atoms with Crippen molar-refractivity contribution in [1.82, 2.24) is 5.32 Å². The topological polar surface area (TPSA) is 65.7 Å². The van der Waals surface area contributed by atoms with Crippen LogP contribution < -0.4 is 11.1 Å². The van der Waals surface area contributed by atoms with Crippen LogP contribution in [0.2, 0.25) is 5.54 Å². The summed E-state index contributed by atoms with van der Waals surface area (Å²) in [4.78, 5) is 0. The van der Waals surface area contributed by atoms with Gasteiger partial charge in [-0.25, -0.2) is 0 Å². The Hall–Kier alpha value is 0.0169. The Bertz CT molecular complexity index is 148. The van der Waals surface area contributed by atoms with Crippen molar-refractivity contribution in [2.45, 2.75) is 18.4 Å². The van der Waals surface area contributed by atoms with Gasteiger partial charge in [0.1, 0.15) is 0 Å². The van der Waals surface area contributed by atoms with Crippen molar-refractivity contribution in [3.8, 4) is 0 Å². The van der Waals surface area contributed by atoms with Crippen molar-refractivity contribution in [2.24, 2.45) is 5.73 Å². The van der Waals surface area contributed by atoms with Gasteiger partial charge < -0.3 is 24.3 Å². The van der Waals surface area contributed by atoms with Crippen LogP contribution >= 0.6 is 0 Å². The highest BCUT2D eigenvalue weighted by Gasteiger charge is 2.46. The second-order valence-corrected chi connectivity index (χ2v) is 6.63. The zero-order valence-corrected chi connectivity index (χ0v) is 11.2. The van der Waals surface area contributed by atoms with Gasteiger partial charge in [-0.2, -0.15) is 0 Å². The van der Waals surface area contributed by atoms with Crippen molar-refractivity contribution in [2.75, 3.05) is 41.5 Å². The van der Waals surface area contributed by atoms with Crippen molar-refractivity contribution < 1.29 is 13.3 Å². The SMILES string of the molecule is CNCCC(CCN)[Si](OC)(OC)OC. The molecule has 0 saturated carbocycles. The van der Waals surface area contributed by atoms with E-state index < -0.39 is 8.80 Å². The van der Waals surface area contributed by atoms with Gasteiger partial charge in [0.05, 0.1) is 0 Å². The first kappa shape index (κ1) is 15.0. The van der Waals surface area contributed by atoms with Crippen molar-refractivity contribution in [1.29, 1.82) is 0 Å². The first-order chi connectivity index (χ1) is 7.20. The fourth-order valence-electron chi connectivity index (χ4n) is 1.77. The maximum absolute atomic E-state index is 5.60. The summed E-state index contributed by atoms with van der Waals surface area (Å²) in [7, 11) is 4.32. The highest BCUT2D eigenvalue weighted by Crippen LogP contribution is 2.29. The van der Waals surface area contributed by atoms with Crippen molar-refractivity contribution in [3.05, 3.63) is 0 Å². The standard InChI is InChI=1S/C9H24N2O3Si/c1-11-8-6-9(5-7-10)15(12-2,13-3)14-4/h9,11H,5-8,10H2,1-4H3. The Kier molecular flexibility index (Phi) is 8.21. The van der Waals surface area contributed by atoms with E-state index in [-0.39, 0.29) is 5.54 Å². The average molecular weight is 236 g/mol.